The van der Waals surface area contributed by atoms with Crippen LogP contribution >= 0.6 is 0 Å². The van der Waals surface area contributed by atoms with E-state index in [9.17, 15) is 4.79 Å². The quantitative estimate of drug-likeness (QED) is 0.844. The Morgan fingerprint density at radius 2 is 2.00 bits per heavy atom. The molecule has 2 aliphatic heterocycles. The van der Waals surface area contributed by atoms with Crippen LogP contribution in [0.3, 0.4) is 0 Å². The predicted octanol–water partition coefficient (Wildman–Crippen LogP) is 2.63. The van der Waals surface area contributed by atoms with Gasteiger partial charge in [-0.2, -0.15) is 0 Å². The van der Waals surface area contributed by atoms with E-state index < -0.39 is 0 Å². The molecule has 0 saturated carbocycles. The van der Waals surface area contributed by atoms with E-state index in [4.69, 9.17) is 9.47 Å². The Labute approximate surface area is 172 Å². The third kappa shape index (κ3) is 4.09. The van der Waals surface area contributed by atoms with Crippen molar-refractivity contribution in [2.24, 2.45) is 0 Å². The first-order valence-corrected chi connectivity index (χ1v) is 10.3. The van der Waals surface area contributed by atoms with Gasteiger partial charge in [0.15, 0.2) is 0 Å². The summed E-state index contributed by atoms with van der Waals surface area (Å²) in [7, 11) is 3.37. The Bertz CT molecular complexity index is 870. The van der Waals surface area contributed by atoms with Gasteiger partial charge in [0.2, 0.25) is 5.91 Å². The van der Waals surface area contributed by atoms with E-state index in [1.54, 1.807) is 14.2 Å². The highest BCUT2D eigenvalue weighted by molar-refractivity contribution is 5.96. The van der Waals surface area contributed by atoms with Crippen molar-refractivity contribution >= 4 is 11.6 Å². The molecule has 1 amide bonds. The first-order valence-electron chi connectivity index (χ1n) is 10.3. The summed E-state index contributed by atoms with van der Waals surface area (Å²) in [6.45, 7) is 3.69. The van der Waals surface area contributed by atoms with Crippen molar-refractivity contribution in [3.8, 4) is 11.5 Å². The van der Waals surface area contributed by atoms with Crippen LogP contribution in [0.1, 0.15) is 23.6 Å². The molecule has 2 aliphatic rings. The first kappa shape index (κ1) is 19.7. The molecule has 1 atom stereocenters. The first-order chi connectivity index (χ1) is 14.2. The molecule has 2 aromatic rings. The van der Waals surface area contributed by atoms with Crippen molar-refractivity contribution in [2.75, 3.05) is 51.8 Å². The van der Waals surface area contributed by atoms with Gasteiger partial charge in [0, 0.05) is 37.4 Å². The molecular weight excluding hydrogens is 366 g/mol. The van der Waals surface area contributed by atoms with Crippen LogP contribution in [-0.2, 0) is 11.2 Å². The number of rotatable bonds is 5. The van der Waals surface area contributed by atoms with E-state index in [0.29, 0.717) is 6.54 Å². The summed E-state index contributed by atoms with van der Waals surface area (Å²) in [6, 6.07) is 14.2. The van der Waals surface area contributed by atoms with Gasteiger partial charge in [-0.05, 0) is 42.7 Å². The van der Waals surface area contributed by atoms with Crippen LogP contribution in [0.5, 0.6) is 11.5 Å². The monoisotopic (exact) mass is 395 g/mol. The summed E-state index contributed by atoms with van der Waals surface area (Å²) < 4.78 is 10.9. The van der Waals surface area contributed by atoms with Crippen molar-refractivity contribution in [1.29, 1.82) is 0 Å². The van der Waals surface area contributed by atoms with Crippen LogP contribution in [-0.4, -0.2) is 57.8 Å². The molecule has 6 nitrogen and oxygen atoms in total. The van der Waals surface area contributed by atoms with Crippen molar-refractivity contribution in [2.45, 2.75) is 18.9 Å². The second-order valence-electron chi connectivity index (χ2n) is 7.58. The molecule has 6 heteroatoms. The largest absolute Gasteiger partial charge is 0.497 e. The fourth-order valence-electron chi connectivity index (χ4n) is 4.40. The van der Waals surface area contributed by atoms with Gasteiger partial charge >= 0.3 is 0 Å². The number of hydrogen-bond acceptors (Lipinski definition) is 5. The fraction of sp³-hybridized carbons (Fsp3) is 0.435. The van der Waals surface area contributed by atoms with E-state index in [0.717, 1.165) is 61.8 Å². The third-order valence-electron chi connectivity index (χ3n) is 5.90. The number of carbonyl (C=O) groups is 1. The molecule has 0 spiro atoms. The zero-order valence-corrected chi connectivity index (χ0v) is 17.2. The van der Waals surface area contributed by atoms with Crippen LogP contribution in [0.4, 0.5) is 5.69 Å². The van der Waals surface area contributed by atoms with Gasteiger partial charge < -0.3 is 19.7 Å². The van der Waals surface area contributed by atoms with Crippen LogP contribution in [0.15, 0.2) is 42.5 Å². The SMILES string of the molecule is COc1ccc2c(c1)CCCN2C(=O)CN1CCNCC1c1ccccc1OC. The zero-order valence-electron chi connectivity index (χ0n) is 17.2. The number of piperazine rings is 1. The maximum atomic E-state index is 13.3. The molecule has 0 aliphatic carbocycles. The lowest BCUT2D eigenvalue weighted by atomic mass is 10.00. The van der Waals surface area contributed by atoms with Crippen LogP contribution in [0.25, 0.3) is 0 Å². The Morgan fingerprint density at radius 3 is 2.83 bits per heavy atom. The van der Waals surface area contributed by atoms with Gasteiger partial charge in [-0.25, -0.2) is 0 Å². The average Bonchev–Trinajstić information content (AvgIpc) is 2.78. The molecule has 0 bridgehead atoms. The molecule has 0 aromatic heterocycles. The summed E-state index contributed by atoms with van der Waals surface area (Å²) in [4.78, 5) is 17.5. The van der Waals surface area contributed by atoms with Crippen LogP contribution in [0, 0.1) is 0 Å². The van der Waals surface area contributed by atoms with Crippen molar-refractivity contribution in [3.63, 3.8) is 0 Å². The summed E-state index contributed by atoms with van der Waals surface area (Å²) in [5.41, 5.74) is 3.33. The Kier molecular flexibility index (Phi) is 6.02. The number of para-hydroxylation sites is 1. The number of aryl methyl sites for hydroxylation is 1. The number of nitrogens with one attached hydrogen (secondary N) is 1. The Hall–Kier alpha value is -2.57. The summed E-state index contributed by atoms with van der Waals surface area (Å²) in [5, 5.41) is 3.46. The topological polar surface area (TPSA) is 54.0 Å². The number of methoxy groups -OCH3 is 2. The van der Waals surface area contributed by atoms with Crippen molar-refractivity contribution in [3.05, 3.63) is 53.6 Å². The standard InChI is InChI=1S/C23H29N3O3/c1-28-18-9-10-20-17(14-18)6-5-12-26(20)23(27)16-25-13-11-24-15-21(25)19-7-3-4-8-22(19)29-2/h3-4,7-10,14,21,24H,5-6,11-13,15-16H2,1-2H3. The molecule has 4 rings (SSSR count). The number of amides is 1. The molecule has 2 aromatic carbocycles. The third-order valence-corrected chi connectivity index (χ3v) is 5.90. The van der Waals surface area contributed by atoms with Gasteiger partial charge in [0.05, 0.1) is 26.8 Å². The van der Waals surface area contributed by atoms with Crippen molar-refractivity contribution in [1.82, 2.24) is 10.2 Å². The van der Waals surface area contributed by atoms with E-state index in [1.807, 2.05) is 35.2 Å². The highest BCUT2D eigenvalue weighted by Gasteiger charge is 2.30. The molecule has 1 unspecified atom stereocenters. The van der Waals surface area contributed by atoms with E-state index in [1.165, 1.54) is 5.56 Å². The minimum absolute atomic E-state index is 0.115. The molecule has 1 N–H and O–H groups in total. The van der Waals surface area contributed by atoms with Gasteiger partial charge in [-0.3, -0.25) is 9.69 Å². The number of nitrogens with zero attached hydrogens (tertiary/aromatic N) is 2. The zero-order chi connectivity index (χ0) is 20.2. The van der Waals surface area contributed by atoms with E-state index in [-0.39, 0.29) is 11.9 Å². The maximum Gasteiger partial charge on any atom is 0.241 e. The van der Waals surface area contributed by atoms with Gasteiger partial charge in [-0.1, -0.05) is 18.2 Å². The van der Waals surface area contributed by atoms with Crippen LogP contribution < -0.4 is 19.7 Å². The molecule has 154 valence electrons. The highest BCUT2D eigenvalue weighted by atomic mass is 16.5. The average molecular weight is 396 g/mol. The lowest BCUT2D eigenvalue weighted by Gasteiger charge is -2.38. The summed E-state index contributed by atoms with van der Waals surface area (Å²) in [6.07, 6.45) is 1.96. The molecule has 1 fully saturated rings. The smallest absolute Gasteiger partial charge is 0.241 e. The van der Waals surface area contributed by atoms with Gasteiger partial charge in [-0.15, -0.1) is 0 Å². The summed E-state index contributed by atoms with van der Waals surface area (Å²) in [5.74, 6) is 1.86. The van der Waals surface area contributed by atoms with Gasteiger partial charge in [0.25, 0.3) is 0 Å². The Morgan fingerprint density at radius 1 is 1.14 bits per heavy atom. The minimum Gasteiger partial charge on any atom is -0.497 e. The number of ether oxygens (including phenoxy) is 2. The highest BCUT2D eigenvalue weighted by Crippen LogP contribution is 2.33. The van der Waals surface area contributed by atoms with E-state index in [2.05, 4.69) is 22.3 Å². The minimum atomic E-state index is 0.115. The second kappa shape index (κ2) is 8.84. The van der Waals surface area contributed by atoms with Crippen molar-refractivity contribution < 1.29 is 14.3 Å². The van der Waals surface area contributed by atoms with E-state index >= 15 is 0 Å². The number of benzene rings is 2. The summed E-state index contributed by atoms with van der Waals surface area (Å²) >= 11 is 0. The molecule has 0 radical (unpaired) electrons. The number of hydrogen-bond donors (Lipinski definition) is 1. The lowest BCUT2D eigenvalue weighted by molar-refractivity contribution is -0.120. The number of fused-ring (bicyclic) bond motifs is 1. The lowest BCUT2D eigenvalue weighted by Crippen LogP contribution is -2.51. The molecule has 2 heterocycles. The molecule has 1 saturated heterocycles. The maximum absolute atomic E-state index is 13.3. The molecule has 29 heavy (non-hydrogen) atoms. The van der Waals surface area contributed by atoms with Crippen LogP contribution in [0.2, 0.25) is 0 Å². The Balaban J connectivity index is 1.54. The normalized spacial score (nSPS) is 19.5. The number of anilines is 1. The predicted molar refractivity (Wildman–Crippen MR) is 114 cm³/mol. The fourth-order valence-corrected chi connectivity index (χ4v) is 4.40. The molecular formula is C23H29N3O3. The number of carbonyl (C=O) groups excluding carboxylic acids is 1. The van der Waals surface area contributed by atoms with Gasteiger partial charge in [0.1, 0.15) is 11.5 Å². The second-order valence-corrected chi connectivity index (χ2v) is 7.58.